The molecule has 6 nitrogen and oxygen atoms in total. The summed E-state index contributed by atoms with van der Waals surface area (Å²) in [4.78, 5) is 16.0. The quantitative estimate of drug-likeness (QED) is 0.836. The monoisotopic (exact) mass is 245 g/mol. The largest absolute Gasteiger partial charge is 0.323 e. The van der Waals surface area contributed by atoms with Crippen LogP contribution in [0, 0.1) is 6.92 Å². The van der Waals surface area contributed by atoms with Crippen LogP contribution in [0.25, 0.3) is 0 Å². The third-order valence-electron chi connectivity index (χ3n) is 2.55. The Morgan fingerprint density at radius 1 is 1.44 bits per heavy atom. The number of rotatable bonds is 3. The van der Waals surface area contributed by atoms with Crippen molar-refractivity contribution < 1.29 is 4.79 Å². The first-order chi connectivity index (χ1) is 8.56. The van der Waals surface area contributed by atoms with Gasteiger partial charge in [0.15, 0.2) is 0 Å². The number of nitrogens with one attached hydrogen (secondary N) is 1. The van der Waals surface area contributed by atoms with Gasteiger partial charge in [-0.1, -0.05) is 0 Å². The molecule has 2 aromatic heterocycles. The van der Waals surface area contributed by atoms with Crippen molar-refractivity contribution in [3.63, 3.8) is 0 Å². The summed E-state index contributed by atoms with van der Waals surface area (Å²) >= 11 is 0. The molecule has 0 aliphatic rings. The smallest absolute Gasteiger partial charge is 0.246 e. The molecule has 0 radical (unpaired) electrons. The number of hydrogen-bond acceptors (Lipinski definition) is 4. The lowest BCUT2D eigenvalue weighted by molar-refractivity contribution is -0.117. The van der Waals surface area contributed by atoms with Crippen LogP contribution >= 0.6 is 0 Å². The molecule has 18 heavy (non-hydrogen) atoms. The van der Waals surface area contributed by atoms with E-state index in [1.807, 2.05) is 13.0 Å². The SMILES string of the molecule is Cc1ccc(NC(=O)C(N)c2cnn(C)c2)cn1. The Bertz CT molecular complexity index is 546. The maximum absolute atomic E-state index is 11.9. The van der Waals surface area contributed by atoms with E-state index in [1.54, 1.807) is 36.4 Å². The van der Waals surface area contributed by atoms with Gasteiger partial charge in [0.1, 0.15) is 6.04 Å². The molecule has 0 aliphatic heterocycles. The second-order valence-corrected chi connectivity index (χ2v) is 4.10. The Morgan fingerprint density at radius 3 is 2.78 bits per heavy atom. The lowest BCUT2D eigenvalue weighted by Gasteiger charge is -2.10. The van der Waals surface area contributed by atoms with Gasteiger partial charge >= 0.3 is 0 Å². The first kappa shape index (κ1) is 12.3. The molecular formula is C12H15N5O. The number of amides is 1. The number of carbonyl (C=O) groups excluding carboxylic acids is 1. The standard InChI is InChI=1S/C12H15N5O/c1-8-3-4-10(6-14-8)16-12(18)11(13)9-5-15-17(2)7-9/h3-7,11H,13H2,1-2H3,(H,16,18). The number of hydrogen-bond donors (Lipinski definition) is 2. The van der Waals surface area contributed by atoms with E-state index < -0.39 is 6.04 Å². The lowest BCUT2D eigenvalue weighted by atomic mass is 10.1. The molecule has 94 valence electrons. The molecule has 0 saturated carbocycles. The highest BCUT2D eigenvalue weighted by Crippen LogP contribution is 2.12. The molecule has 3 N–H and O–H groups in total. The number of nitrogens with zero attached hydrogens (tertiary/aromatic N) is 3. The van der Waals surface area contributed by atoms with Gasteiger partial charge in [0.2, 0.25) is 5.91 Å². The highest BCUT2D eigenvalue weighted by atomic mass is 16.2. The number of carbonyl (C=O) groups is 1. The highest BCUT2D eigenvalue weighted by molar-refractivity contribution is 5.95. The lowest BCUT2D eigenvalue weighted by Crippen LogP contribution is -2.27. The average Bonchev–Trinajstić information content (AvgIpc) is 2.78. The number of aromatic nitrogens is 3. The van der Waals surface area contributed by atoms with E-state index in [1.165, 1.54) is 0 Å². The first-order valence-electron chi connectivity index (χ1n) is 5.54. The Kier molecular flexibility index (Phi) is 3.38. The van der Waals surface area contributed by atoms with E-state index in [-0.39, 0.29) is 5.91 Å². The van der Waals surface area contributed by atoms with Crippen molar-refractivity contribution >= 4 is 11.6 Å². The summed E-state index contributed by atoms with van der Waals surface area (Å²) in [6, 6.07) is 2.88. The van der Waals surface area contributed by atoms with Crippen molar-refractivity contribution in [1.82, 2.24) is 14.8 Å². The molecule has 0 fully saturated rings. The fourth-order valence-corrected chi connectivity index (χ4v) is 1.51. The number of pyridine rings is 1. The normalized spacial score (nSPS) is 12.2. The summed E-state index contributed by atoms with van der Waals surface area (Å²) in [6.07, 6.45) is 4.90. The van der Waals surface area contributed by atoms with E-state index in [9.17, 15) is 4.79 Å². The second-order valence-electron chi connectivity index (χ2n) is 4.10. The van der Waals surface area contributed by atoms with E-state index in [0.717, 1.165) is 5.69 Å². The van der Waals surface area contributed by atoms with Gasteiger partial charge in [0, 0.05) is 24.5 Å². The van der Waals surface area contributed by atoms with Gasteiger partial charge in [-0.05, 0) is 19.1 Å². The number of aryl methyl sites for hydroxylation is 2. The minimum absolute atomic E-state index is 0.284. The van der Waals surface area contributed by atoms with Crippen LogP contribution in [-0.2, 0) is 11.8 Å². The van der Waals surface area contributed by atoms with E-state index in [2.05, 4.69) is 15.4 Å². The molecule has 0 saturated heterocycles. The Labute approximate surface area is 105 Å². The summed E-state index contributed by atoms with van der Waals surface area (Å²) < 4.78 is 1.61. The predicted octanol–water partition coefficient (Wildman–Crippen LogP) is 0.762. The zero-order valence-electron chi connectivity index (χ0n) is 10.3. The maximum atomic E-state index is 11.9. The van der Waals surface area contributed by atoms with Gasteiger partial charge in [-0.25, -0.2) is 0 Å². The van der Waals surface area contributed by atoms with Crippen LogP contribution in [0.5, 0.6) is 0 Å². The van der Waals surface area contributed by atoms with Gasteiger partial charge in [0.05, 0.1) is 18.1 Å². The van der Waals surface area contributed by atoms with E-state index in [4.69, 9.17) is 5.73 Å². The summed E-state index contributed by atoms with van der Waals surface area (Å²) in [5.74, 6) is -0.284. The zero-order chi connectivity index (χ0) is 13.1. The number of anilines is 1. The minimum Gasteiger partial charge on any atom is -0.323 e. The van der Waals surface area contributed by atoms with Crippen LogP contribution in [0.1, 0.15) is 17.3 Å². The van der Waals surface area contributed by atoms with Gasteiger partial charge in [-0.2, -0.15) is 5.10 Å². The van der Waals surface area contributed by atoms with E-state index >= 15 is 0 Å². The molecule has 1 atom stereocenters. The van der Waals surface area contributed by atoms with Crippen LogP contribution in [0.3, 0.4) is 0 Å². The predicted molar refractivity (Wildman–Crippen MR) is 67.7 cm³/mol. The zero-order valence-corrected chi connectivity index (χ0v) is 10.3. The summed E-state index contributed by atoms with van der Waals surface area (Å²) in [6.45, 7) is 1.88. The number of nitrogens with two attached hydrogens (primary N) is 1. The molecule has 2 rings (SSSR count). The Morgan fingerprint density at radius 2 is 2.22 bits per heavy atom. The highest BCUT2D eigenvalue weighted by Gasteiger charge is 2.17. The van der Waals surface area contributed by atoms with Crippen LogP contribution in [0.4, 0.5) is 5.69 Å². The maximum Gasteiger partial charge on any atom is 0.246 e. The van der Waals surface area contributed by atoms with Crippen LogP contribution in [-0.4, -0.2) is 20.7 Å². The Balaban J connectivity index is 2.05. The summed E-state index contributed by atoms with van der Waals surface area (Å²) in [7, 11) is 1.78. The molecule has 1 unspecified atom stereocenters. The fourth-order valence-electron chi connectivity index (χ4n) is 1.51. The van der Waals surface area contributed by atoms with Crippen molar-refractivity contribution in [2.45, 2.75) is 13.0 Å². The third kappa shape index (κ3) is 2.72. The first-order valence-corrected chi connectivity index (χ1v) is 5.54. The molecule has 2 heterocycles. The van der Waals surface area contributed by atoms with Crippen molar-refractivity contribution in [1.29, 1.82) is 0 Å². The molecule has 0 aliphatic carbocycles. The van der Waals surface area contributed by atoms with Gasteiger partial charge in [-0.3, -0.25) is 14.5 Å². The third-order valence-corrected chi connectivity index (χ3v) is 2.55. The van der Waals surface area contributed by atoms with Crippen molar-refractivity contribution in [2.75, 3.05) is 5.32 Å². The van der Waals surface area contributed by atoms with E-state index in [0.29, 0.717) is 11.3 Å². The second kappa shape index (κ2) is 4.97. The summed E-state index contributed by atoms with van der Waals surface area (Å²) in [5.41, 5.74) is 8.04. The topological polar surface area (TPSA) is 85.8 Å². The van der Waals surface area contributed by atoms with Crippen molar-refractivity contribution in [3.05, 3.63) is 42.0 Å². The molecule has 0 aromatic carbocycles. The molecule has 2 aromatic rings. The summed E-state index contributed by atoms with van der Waals surface area (Å²) in [5, 5.41) is 6.70. The molecule has 1 amide bonds. The van der Waals surface area contributed by atoms with Crippen LogP contribution in [0.15, 0.2) is 30.7 Å². The molecular weight excluding hydrogens is 230 g/mol. The van der Waals surface area contributed by atoms with Gasteiger partial charge < -0.3 is 11.1 Å². The van der Waals surface area contributed by atoms with Crippen LogP contribution < -0.4 is 11.1 Å². The van der Waals surface area contributed by atoms with Crippen molar-refractivity contribution in [3.8, 4) is 0 Å². The van der Waals surface area contributed by atoms with Gasteiger partial charge in [-0.15, -0.1) is 0 Å². The molecule has 0 bridgehead atoms. The van der Waals surface area contributed by atoms with Crippen molar-refractivity contribution in [2.24, 2.45) is 12.8 Å². The molecule has 0 spiro atoms. The Hall–Kier alpha value is -2.21. The fraction of sp³-hybridized carbons (Fsp3) is 0.250. The minimum atomic E-state index is -0.736. The average molecular weight is 245 g/mol. The molecule has 6 heteroatoms. The van der Waals surface area contributed by atoms with Crippen LogP contribution in [0.2, 0.25) is 0 Å². The van der Waals surface area contributed by atoms with Gasteiger partial charge in [0.25, 0.3) is 0 Å².